The van der Waals surface area contributed by atoms with Crippen LogP contribution < -0.4 is 9.47 Å². The van der Waals surface area contributed by atoms with Crippen LogP contribution in [-0.4, -0.2) is 32.5 Å². The van der Waals surface area contributed by atoms with E-state index in [-0.39, 0.29) is 18.6 Å². The summed E-state index contributed by atoms with van der Waals surface area (Å²) in [7, 11) is 0. The predicted octanol–water partition coefficient (Wildman–Crippen LogP) is 3.93. The van der Waals surface area contributed by atoms with Gasteiger partial charge in [0.25, 0.3) is 0 Å². The second-order valence-corrected chi connectivity index (χ2v) is 5.60. The smallest absolute Gasteiger partial charge is 0.468 e. The van der Waals surface area contributed by atoms with Crippen LogP contribution in [0.5, 0.6) is 11.5 Å². The van der Waals surface area contributed by atoms with Crippen LogP contribution in [0.25, 0.3) is 0 Å². The van der Waals surface area contributed by atoms with Crippen molar-refractivity contribution in [1.29, 1.82) is 0 Å². The molecule has 1 saturated heterocycles. The molecule has 1 fully saturated rings. The quantitative estimate of drug-likeness (QED) is 0.409. The van der Waals surface area contributed by atoms with E-state index < -0.39 is 6.36 Å². The molecule has 0 N–H and O–H groups in total. The first-order valence-electron chi connectivity index (χ1n) is 7.74. The molecule has 25 heavy (non-hydrogen) atoms. The Hall–Kier alpha value is -2.25. The molecule has 1 aliphatic rings. The van der Waals surface area contributed by atoms with E-state index in [9.17, 15) is 13.2 Å². The Labute approximate surface area is 143 Å². The highest BCUT2D eigenvalue weighted by Crippen LogP contribution is 2.23. The predicted molar refractivity (Wildman–Crippen MR) is 83.6 cm³/mol. The fourth-order valence-corrected chi connectivity index (χ4v) is 2.20. The lowest BCUT2D eigenvalue weighted by molar-refractivity contribution is -0.274. The summed E-state index contributed by atoms with van der Waals surface area (Å²) in [4.78, 5) is 0. The Bertz CT molecular complexity index is 664. The molecule has 0 aliphatic carbocycles. The molecule has 1 atom stereocenters. The summed E-state index contributed by atoms with van der Waals surface area (Å²) in [6, 6.07) is 13.3. The highest BCUT2D eigenvalue weighted by molar-refractivity contribution is 5.34. The van der Waals surface area contributed by atoms with Crippen LogP contribution >= 0.6 is 0 Å². The zero-order chi connectivity index (χ0) is 17.7. The van der Waals surface area contributed by atoms with E-state index in [0.717, 1.165) is 17.7 Å². The summed E-state index contributed by atoms with van der Waals surface area (Å²) in [6.45, 7) is 1.45. The van der Waals surface area contributed by atoms with Crippen molar-refractivity contribution >= 4 is 0 Å². The van der Waals surface area contributed by atoms with Crippen LogP contribution in [-0.2, 0) is 15.9 Å². The molecule has 134 valence electrons. The molecule has 3 rings (SSSR count). The van der Waals surface area contributed by atoms with E-state index in [1.54, 1.807) is 12.1 Å². The van der Waals surface area contributed by atoms with Crippen molar-refractivity contribution in [3.63, 3.8) is 0 Å². The Morgan fingerprint density at radius 1 is 0.920 bits per heavy atom. The molecule has 0 spiro atoms. The van der Waals surface area contributed by atoms with Gasteiger partial charge in [0.1, 0.15) is 17.6 Å². The monoisotopic (exact) mass is 354 g/mol. The van der Waals surface area contributed by atoms with Crippen LogP contribution in [0, 0.1) is 0 Å². The number of epoxide rings is 1. The first kappa shape index (κ1) is 17.6. The highest BCUT2D eigenvalue weighted by atomic mass is 19.4. The molecule has 0 saturated carbocycles. The van der Waals surface area contributed by atoms with Gasteiger partial charge >= 0.3 is 6.36 Å². The van der Waals surface area contributed by atoms with Crippen molar-refractivity contribution in [3.05, 3.63) is 59.7 Å². The molecule has 2 aromatic rings. The molecule has 2 aromatic carbocycles. The van der Waals surface area contributed by atoms with Gasteiger partial charge in [-0.05, 0) is 41.8 Å². The van der Waals surface area contributed by atoms with Gasteiger partial charge in [-0.3, -0.25) is 0 Å². The Morgan fingerprint density at radius 2 is 1.48 bits per heavy atom. The molecule has 0 amide bonds. The lowest BCUT2D eigenvalue weighted by Crippen LogP contribution is -2.17. The SMILES string of the molecule is FC(F)(F)Oc1ccc(Cc2ccc(OCOCC3CO3)cc2)cc1. The first-order valence-corrected chi connectivity index (χ1v) is 7.74. The van der Waals surface area contributed by atoms with Crippen molar-refractivity contribution in [1.82, 2.24) is 0 Å². The van der Waals surface area contributed by atoms with E-state index in [2.05, 4.69) is 4.74 Å². The molecule has 0 bridgehead atoms. The van der Waals surface area contributed by atoms with Gasteiger partial charge in [0.05, 0.1) is 13.2 Å². The largest absolute Gasteiger partial charge is 0.573 e. The summed E-state index contributed by atoms with van der Waals surface area (Å²) in [5.74, 6) is 0.464. The highest BCUT2D eigenvalue weighted by Gasteiger charge is 2.30. The zero-order valence-electron chi connectivity index (χ0n) is 13.3. The number of halogens is 3. The van der Waals surface area contributed by atoms with Gasteiger partial charge in [0, 0.05) is 0 Å². The average Bonchev–Trinajstić information content (AvgIpc) is 3.38. The van der Waals surface area contributed by atoms with Gasteiger partial charge < -0.3 is 18.9 Å². The van der Waals surface area contributed by atoms with Crippen LogP contribution in [0.1, 0.15) is 11.1 Å². The minimum absolute atomic E-state index is 0.167. The average molecular weight is 354 g/mol. The number of hydrogen-bond donors (Lipinski definition) is 0. The number of hydrogen-bond acceptors (Lipinski definition) is 4. The van der Waals surface area contributed by atoms with E-state index in [4.69, 9.17) is 14.2 Å². The van der Waals surface area contributed by atoms with Crippen molar-refractivity contribution in [2.45, 2.75) is 18.9 Å². The fraction of sp³-hybridized carbons (Fsp3) is 0.333. The van der Waals surface area contributed by atoms with Gasteiger partial charge in [-0.2, -0.15) is 0 Å². The fourth-order valence-electron chi connectivity index (χ4n) is 2.20. The Kier molecular flexibility index (Phi) is 5.45. The minimum Gasteiger partial charge on any atom is -0.468 e. The van der Waals surface area contributed by atoms with Crippen molar-refractivity contribution < 1.29 is 32.1 Å². The van der Waals surface area contributed by atoms with Crippen molar-refractivity contribution in [3.8, 4) is 11.5 Å². The third kappa shape index (κ3) is 6.28. The number of ether oxygens (including phenoxy) is 4. The summed E-state index contributed by atoms with van der Waals surface area (Å²) >= 11 is 0. The standard InChI is InChI=1S/C18H17F3O4/c19-18(20,21)25-16-7-3-14(4-8-16)9-13-1-5-15(6-2-13)24-12-22-10-17-11-23-17/h1-8,17H,9-12H2. The minimum atomic E-state index is -4.67. The molecule has 4 nitrogen and oxygen atoms in total. The van der Waals surface area contributed by atoms with E-state index in [1.165, 1.54) is 12.1 Å². The van der Waals surface area contributed by atoms with E-state index >= 15 is 0 Å². The summed E-state index contributed by atoms with van der Waals surface area (Å²) in [5.41, 5.74) is 1.90. The first-order chi connectivity index (χ1) is 12.0. The third-order valence-corrected chi connectivity index (χ3v) is 3.50. The molecular weight excluding hydrogens is 337 g/mol. The summed E-state index contributed by atoms with van der Waals surface area (Å²) in [6.07, 6.45) is -3.87. The molecule has 1 heterocycles. The van der Waals surface area contributed by atoms with Gasteiger partial charge in [-0.15, -0.1) is 13.2 Å². The van der Waals surface area contributed by atoms with Crippen LogP contribution in [0.15, 0.2) is 48.5 Å². The lowest BCUT2D eigenvalue weighted by Gasteiger charge is -2.10. The second-order valence-electron chi connectivity index (χ2n) is 5.60. The third-order valence-electron chi connectivity index (χ3n) is 3.50. The topological polar surface area (TPSA) is 40.2 Å². The Balaban J connectivity index is 1.47. The van der Waals surface area contributed by atoms with Crippen LogP contribution in [0.4, 0.5) is 13.2 Å². The Morgan fingerprint density at radius 3 is 2.00 bits per heavy atom. The molecule has 0 aromatic heterocycles. The molecule has 1 unspecified atom stereocenters. The van der Waals surface area contributed by atoms with E-state index in [0.29, 0.717) is 18.8 Å². The van der Waals surface area contributed by atoms with Crippen molar-refractivity contribution in [2.24, 2.45) is 0 Å². The second kappa shape index (κ2) is 7.76. The van der Waals surface area contributed by atoms with Crippen LogP contribution in [0.3, 0.4) is 0 Å². The molecule has 7 heteroatoms. The van der Waals surface area contributed by atoms with Crippen molar-refractivity contribution in [2.75, 3.05) is 20.0 Å². The zero-order valence-corrected chi connectivity index (χ0v) is 13.3. The maximum Gasteiger partial charge on any atom is 0.573 e. The maximum absolute atomic E-state index is 12.1. The summed E-state index contributed by atoms with van der Waals surface area (Å²) in [5, 5.41) is 0. The van der Waals surface area contributed by atoms with Crippen LogP contribution in [0.2, 0.25) is 0 Å². The maximum atomic E-state index is 12.1. The molecule has 1 aliphatic heterocycles. The molecule has 0 radical (unpaired) electrons. The number of rotatable bonds is 8. The summed E-state index contributed by atoms with van der Waals surface area (Å²) < 4.78 is 56.0. The van der Waals surface area contributed by atoms with Gasteiger partial charge in [-0.1, -0.05) is 24.3 Å². The number of benzene rings is 2. The number of alkyl halides is 3. The lowest BCUT2D eigenvalue weighted by atomic mass is 10.0. The van der Waals surface area contributed by atoms with Gasteiger partial charge in [0.2, 0.25) is 0 Å². The molecular formula is C18H17F3O4. The van der Waals surface area contributed by atoms with Gasteiger partial charge in [0.15, 0.2) is 6.79 Å². The normalized spacial score (nSPS) is 16.5. The van der Waals surface area contributed by atoms with E-state index in [1.807, 2.05) is 24.3 Å². The van der Waals surface area contributed by atoms with Gasteiger partial charge in [-0.25, -0.2) is 0 Å².